The van der Waals surface area contributed by atoms with Crippen LogP contribution in [0.1, 0.15) is 43.7 Å². The van der Waals surface area contributed by atoms with Crippen molar-refractivity contribution in [1.82, 2.24) is 0 Å². The number of hydrogen-bond donors (Lipinski definition) is 1. The number of carbonyl (C=O) groups is 1. The van der Waals surface area contributed by atoms with Gasteiger partial charge >= 0.3 is 0 Å². The van der Waals surface area contributed by atoms with Gasteiger partial charge in [-0.3, -0.25) is 4.79 Å². The summed E-state index contributed by atoms with van der Waals surface area (Å²) in [6.45, 7) is 6.10. The fourth-order valence-corrected chi connectivity index (χ4v) is 3.90. The summed E-state index contributed by atoms with van der Waals surface area (Å²) >= 11 is 0. The topological polar surface area (TPSA) is 60.0 Å². The summed E-state index contributed by atoms with van der Waals surface area (Å²) in [6.07, 6.45) is 2.62. The maximum atomic E-state index is 12.6. The molecule has 1 heterocycles. The molecule has 0 saturated heterocycles. The Labute approximate surface area is 179 Å². The molecule has 0 unspecified atom stereocenters. The Balaban J connectivity index is 1.66. The van der Waals surface area contributed by atoms with Crippen molar-refractivity contribution >= 4 is 17.3 Å². The number of aryl methyl sites for hydroxylation is 1. The van der Waals surface area contributed by atoms with Crippen LogP contribution in [0.3, 0.4) is 0 Å². The van der Waals surface area contributed by atoms with E-state index in [2.05, 4.69) is 42.3 Å². The molecule has 0 bridgehead atoms. The third kappa shape index (κ3) is 4.81. The van der Waals surface area contributed by atoms with Crippen LogP contribution in [0.4, 0.5) is 11.4 Å². The number of hydrogen-bond acceptors (Lipinski definition) is 5. The number of nitrogens with zero attached hydrogens (tertiary/aromatic N) is 1. The molecule has 1 amide bonds. The summed E-state index contributed by atoms with van der Waals surface area (Å²) in [5.41, 5.74) is 4.63. The SMILES string of the molecule is COc1cc(NC(=O)CCN2CCCc3cc(C(C)C)ccc32)cc(OC)c1OC. The van der Waals surface area contributed by atoms with Gasteiger partial charge in [-0.2, -0.15) is 0 Å². The molecule has 1 aliphatic rings. The lowest BCUT2D eigenvalue weighted by Gasteiger charge is -2.32. The highest BCUT2D eigenvalue weighted by atomic mass is 16.5. The summed E-state index contributed by atoms with van der Waals surface area (Å²) < 4.78 is 16.0. The van der Waals surface area contributed by atoms with Crippen LogP contribution in [-0.2, 0) is 11.2 Å². The van der Waals surface area contributed by atoms with E-state index in [1.807, 2.05) is 0 Å². The van der Waals surface area contributed by atoms with Crippen molar-refractivity contribution in [3.8, 4) is 17.2 Å². The van der Waals surface area contributed by atoms with E-state index in [0.717, 1.165) is 19.4 Å². The first-order valence-electron chi connectivity index (χ1n) is 10.4. The second kappa shape index (κ2) is 9.74. The number of carbonyl (C=O) groups excluding carboxylic acids is 1. The van der Waals surface area contributed by atoms with Gasteiger partial charge in [-0.05, 0) is 36.0 Å². The quantitative estimate of drug-likeness (QED) is 0.686. The van der Waals surface area contributed by atoms with Crippen molar-refractivity contribution in [2.24, 2.45) is 0 Å². The molecule has 0 saturated carbocycles. The normalized spacial score (nSPS) is 13.1. The van der Waals surface area contributed by atoms with Crippen LogP contribution in [0.25, 0.3) is 0 Å². The number of rotatable bonds is 8. The lowest BCUT2D eigenvalue weighted by Crippen LogP contribution is -2.32. The summed E-state index contributed by atoms with van der Waals surface area (Å²) in [4.78, 5) is 14.9. The molecule has 0 fully saturated rings. The third-order valence-electron chi connectivity index (χ3n) is 5.54. The van der Waals surface area contributed by atoms with Gasteiger partial charge in [0.25, 0.3) is 0 Å². The molecule has 6 heteroatoms. The molecule has 30 heavy (non-hydrogen) atoms. The van der Waals surface area contributed by atoms with E-state index in [0.29, 0.717) is 41.8 Å². The zero-order valence-electron chi connectivity index (χ0n) is 18.6. The van der Waals surface area contributed by atoms with Crippen molar-refractivity contribution in [2.45, 2.75) is 39.0 Å². The Morgan fingerprint density at radius 1 is 1.07 bits per heavy atom. The van der Waals surface area contributed by atoms with E-state index in [1.165, 1.54) is 16.8 Å². The molecule has 2 aromatic rings. The second-order valence-corrected chi connectivity index (χ2v) is 7.85. The van der Waals surface area contributed by atoms with Crippen molar-refractivity contribution in [1.29, 1.82) is 0 Å². The predicted octanol–water partition coefficient (Wildman–Crippen LogP) is 4.62. The highest BCUT2D eigenvalue weighted by Gasteiger charge is 2.19. The zero-order chi connectivity index (χ0) is 21.7. The maximum Gasteiger partial charge on any atom is 0.226 e. The van der Waals surface area contributed by atoms with Gasteiger partial charge < -0.3 is 24.4 Å². The first-order valence-corrected chi connectivity index (χ1v) is 10.4. The van der Waals surface area contributed by atoms with E-state index in [-0.39, 0.29) is 5.91 Å². The smallest absolute Gasteiger partial charge is 0.226 e. The van der Waals surface area contributed by atoms with Gasteiger partial charge in [-0.1, -0.05) is 26.0 Å². The molecule has 0 spiro atoms. The number of nitrogens with one attached hydrogen (secondary N) is 1. The van der Waals surface area contributed by atoms with Gasteiger partial charge in [0.2, 0.25) is 11.7 Å². The van der Waals surface area contributed by atoms with Gasteiger partial charge in [-0.25, -0.2) is 0 Å². The van der Waals surface area contributed by atoms with Crippen LogP contribution >= 0.6 is 0 Å². The van der Waals surface area contributed by atoms with E-state index < -0.39 is 0 Å². The van der Waals surface area contributed by atoms with Crippen LogP contribution in [0, 0.1) is 0 Å². The molecule has 0 radical (unpaired) electrons. The monoisotopic (exact) mass is 412 g/mol. The molecule has 1 aliphatic heterocycles. The highest BCUT2D eigenvalue weighted by molar-refractivity contribution is 5.92. The molecule has 3 rings (SSSR count). The number of ether oxygens (including phenoxy) is 3. The summed E-state index contributed by atoms with van der Waals surface area (Å²) in [6, 6.07) is 10.2. The first-order chi connectivity index (χ1) is 14.5. The number of anilines is 2. The molecular formula is C24H32N2O4. The van der Waals surface area contributed by atoms with Gasteiger partial charge in [0.05, 0.1) is 21.3 Å². The Kier molecular flexibility index (Phi) is 7.08. The fraction of sp³-hybridized carbons (Fsp3) is 0.458. The van der Waals surface area contributed by atoms with Crippen LogP contribution < -0.4 is 24.4 Å². The molecule has 6 nitrogen and oxygen atoms in total. The van der Waals surface area contributed by atoms with Crippen molar-refractivity contribution in [3.05, 3.63) is 41.5 Å². The van der Waals surface area contributed by atoms with Gasteiger partial charge in [0.15, 0.2) is 11.5 Å². The number of amides is 1. The van der Waals surface area contributed by atoms with Crippen LogP contribution in [-0.4, -0.2) is 40.3 Å². The zero-order valence-corrected chi connectivity index (χ0v) is 18.6. The van der Waals surface area contributed by atoms with Gasteiger partial charge in [0, 0.05) is 43.0 Å². The second-order valence-electron chi connectivity index (χ2n) is 7.85. The van der Waals surface area contributed by atoms with Crippen LogP contribution in [0.15, 0.2) is 30.3 Å². The molecule has 1 N–H and O–H groups in total. The van der Waals surface area contributed by atoms with Gasteiger partial charge in [0.1, 0.15) is 0 Å². The van der Waals surface area contributed by atoms with Crippen molar-refractivity contribution < 1.29 is 19.0 Å². The molecule has 0 atom stereocenters. The Morgan fingerprint density at radius 2 is 1.77 bits per heavy atom. The average molecular weight is 413 g/mol. The minimum absolute atomic E-state index is 0.0461. The Bertz CT molecular complexity index is 870. The predicted molar refractivity (Wildman–Crippen MR) is 120 cm³/mol. The van der Waals surface area contributed by atoms with E-state index in [4.69, 9.17) is 14.2 Å². The molecule has 2 aromatic carbocycles. The van der Waals surface area contributed by atoms with Crippen molar-refractivity contribution in [2.75, 3.05) is 44.6 Å². The lowest BCUT2D eigenvalue weighted by molar-refractivity contribution is -0.116. The fourth-order valence-electron chi connectivity index (χ4n) is 3.90. The standard InChI is InChI=1S/C24H32N2O4/c1-16(2)17-8-9-20-18(13-17)7-6-11-26(20)12-10-23(27)25-19-14-21(28-3)24(30-5)22(15-19)29-4/h8-9,13-16H,6-7,10-12H2,1-5H3,(H,25,27). The summed E-state index contributed by atoms with van der Waals surface area (Å²) in [7, 11) is 4.67. The largest absolute Gasteiger partial charge is 0.493 e. The number of fused-ring (bicyclic) bond motifs is 1. The number of benzene rings is 2. The van der Waals surface area contributed by atoms with Crippen LogP contribution in [0.5, 0.6) is 17.2 Å². The third-order valence-corrected chi connectivity index (χ3v) is 5.54. The van der Waals surface area contributed by atoms with Crippen LogP contribution in [0.2, 0.25) is 0 Å². The lowest BCUT2D eigenvalue weighted by atomic mass is 9.94. The van der Waals surface area contributed by atoms with E-state index in [1.54, 1.807) is 33.5 Å². The maximum absolute atomic E-state index is 12.6. The average Bonchev–Trinajstić information content (AvgIpc) is 2.76. The van der Waals surface area contributed by atoms with Gasteiger partial charge in [-0.15, -0.1) is 0 Å². The minimum atomic E-state index is -0.0461. The minimum Gasteiger partial charge on any atom is -0.493 e. The Morgan fingerprint density at radius 3 is 2.37 bits per heavy atom. The van der Waals surface area contributed by atoms with E-state index >= 15 is 0 Å². The highest BCUT2D eigenvalue weighted by Crippen LogP contribution is 2.40. The Hall–Kier alpha value is -2.89. The van der Waals surface area contributed by atoms with Crippen molar-refractivity contribution in [3.63, 3.8) is 0 Å². The molecule has 162 valence electrons. The molecule has 0 aromatic heterocycles. The summed E-state index contributed by atoms with van der Waals surface area (Å²) in [5.74, 6) is 2.00. The number of methoxy groups -OCH3 is 3. The molecule has 0 aliphatic carbocycles. The van der Waals surface area contributed by atoms with E-state index in [9.17, 15) is 4.79 Å². The first kappa shape index (κ1) is 21.8. The summed E-state index contributed by atoms with van der Waals surface area (Å²) in [5, 5.41) is 2.95. The molecular weight excluding hydrogens is 380 g/mol.